The van der Waals surface area contributed by atoms with Crippen LogP contribution >= 0.6 is 27.5 Å². The molecule has 6 heteroatoms. The zero-order valence-corrected chi connectivity index (χ0v) is 15.0. The predicted molar refractivity (Wildman–Crippen MR) is 95.9 cm³/mol. The first-order chi connectivity index (χ1) is 11.2. The van der Waals surface area contributed by atoms with Crippen LogP contribution in [-0.2, 0) is 17.0 Å². The van der Waals surface area contributed by atoms with Gasteiger partial charge in [0.2, 0.25) is 0 Å². The monoisotopic (exact) mass is 393 g/mol. The van der Waals surface area contributed by atoms with Gasteiger partial charge in [0.15, 0.2) is 0 Å². The van der Waals surface area contributed by atoms with Crippen molar-refractivity contribution in [2.75, 3.05) is 13.2 Å². The second-order valence-electron chi connectivity index (χ2n) is 6.02. The van der Waals surface area contributed by atoms with Gasteiger partial charge in [-0.25, -0.2) is 4.98 Å². The molecule has 23 heavy (non-hydrogen) atoms. The molecule has 3 aromatic rings. The smallest absolute Gasteiger partial charge is 0.122 e. The fraction of sp³-hybridized carbons (Fsp3) is 0.412. The van der Waals surface area contributed by atoms with Gasteiger partial charge in [-0.15, -0.1) is 11.6 Å². The average molecular weight is 395 g/mol. The molecule has 1 saturated heterocycles. The standard InChI is InChI=1S/C17H17BrClN3O/c18-11-1-2-12-13(8-11)20-14(7-10-3-5-23-6-4-10)17-16(12)21-15(9-19)22-17/h1-2,8,10H,3-7,9H2,(H,21,22). The Kier molecular flexibility index (Phi) is 4.26. The highest BCUT2D eigenvalue weighted by Gasteiger charge is 2.19. The molecule has 1 aliphatic heterocycles. The summed E-state index contributed by atoms with van der Waals surface area (Å²) in [5, 5.41) is 1.06. The third-order valence-corrected chi connectivity index (χ3v) is 5.21. The summed E-state index contributed by atoms with van der Waals surface area (Å²) in [5.41, 5.74) is 4.06. The van der Waals surface area contributed by atoms with Gasteiger partial charge in [-0.05, 0) is 43.4 Å². The number of pyridine rings is 1. The Morgan fingerprint density at radius 2 is 2.09 bits per heavy atom. The van der Waals surface area contributed by atoms with Gasteiger partial charge < -0.3 is 9.72 Å². The van der Waals surface area contributed by atoms with Crippen LogP contribution in [0, 0.1) is 5.92 Å². The van der Waals surface area contributed by atoms with Crippen LogP contribution < -0.4 is 0 Å². The fourth-order valence-corrected chi connectivity index (χ4v) is 3.74. The lowest BCUT2D eigenvalue weighted by atomic mass is 9.94. The third kappa shape index (κ3) is 2.97. The van der Waals surface area contributed by atoms with Crippen molar-refractivity contribution in [3.05, 3.63) is 34.2 Å². The Labute approximate surface area is 147 Å². The molecule has 1 aromatic carbocycles. The Bertz CT molecular complexity index is 858. The minimum atomic E-state index is 0.378. The first kappa shape index (κ1) is 15.4. The zero-order valence-electron chi connectivity index (χ0n) is 12.6. The molecule has 0 radical (unpaired) electrons. The average Bonchev–Trinajstić information content (AvgIpc) is 3.00. The Balaban J connectivity index is 1.87. The normalized spacial score (nSPS) is 16.4. The number of hydrogen-bond donors (Lipinski definition) is 1. The molecule has 4 nitrogen and oxygen atoms in total. The van der Waals surface area contributed by atoms with Crippen LogP contribution in [-0.4, -0.2) is 28.2 Å². The van der Waals surface area contributed by atoms with E-state index in [4.69, 9.17) is 21.3 Å². The lowest BCUT2D eigenvalue weighted by Gasteiger charge is -2.21. The first-order valence-electron chi connectivity index (χ1n) is 7.85. The quantitative estimate of drug-likeness (QED) is 0.661. The van der Waals surface area contributed by atoms with Gasteiger partial charge in [0.1, 0.15) is 5.82 Å². The number of rotatable bonds is 3. The molecule has 1 fully saturated rings. The number of aromatic nitrogens is 3. The number of hydrogen-bond acceptors (Lipinski definition) is 3. The number of imidazole rings is 1. The number of aromatic amines is 1. The summed E-state index contributed by atoms with van der Waals surface area (Å²) in [6.45, 7) is 1.70. The van der Waals surface area contributed by atoms with Gasteiger partial charge in [0.05, 0.1) is 28.1 Å². The molecule has 4 rings (SSSR count). The molecular weight excluding hydrogens is 378 g/mol. The lowest BCUT2D eigenvalue weighted by molar-refractivity contribution is 0.0664. The number of nitrogens with one attached hydrogen (secondary N) is 1. The Morgan fingerprint density at radius 3 is 2.87 bits per heavy atom. The number of halogens is 2. The van der Waals surface area contributed by atoms with Gasteiger partial charge in [-0.2, -0.15) is 0 Å². The summed E-state index contributed by atoms with van der Waals surface area (Å²) in [4.78, 5) is 13.0. The highest BCUT2D eigenvalue weighted by molar-refractivity contribution is 9.10. The van der Waals surface area contributed by atoms with Crippen LogP contribution in [0.1, 0.15) is 24.4 Å². The van der Waals surface area contributed by atoms with Crippen LogP contribution in [0.15, 0.2) is 22.7 Å². The van der Waals surface area contributed by atoms with Crippen molar-refractivity contribution in [2.24, 2.45) is 5.92 Å². The Hall–Kier alpha value is -1.17. The zero-order chi connectivity index (χ0) is 15.8. The molecule has 1 aliphatic rings. The summed E-state index contributed by atoms with van der Waals surface area (Å²) in [7, 11) is 0. The number of fused-ring (bicyclic) bond motifs is 3. The van der Waals surface area contributed by atoms with Crippen molar-refractivity contribution in [3.8, 4) is 0 Å². The van der Waals surface area contributed by atoms with Crippen LogP contribution in [0.3, 0.4) is 0 Å². The van der Waals surface area contributed by atoms with Crippen LogP contribution in [0.2, 0.25) is 0 Å². The number of benzene rings is 1. The van der Waals surface area contributed by atoms with Gasteiger partial charge in [-0.1, -0.05) is 15.9 Å². The highest BCUT2D eigenvalue weighted by atomic mass is 79.9. The third-order valence-electron chi connectivity index (χ3n) is 4.46. The minimum Gasteiger partial charge on any atom is -0.381 e. The largest absolute Gasteiger partial charge is 0.381 e. The topological polar surface area (TPSA) is 50.8 Å². The van der Waals surface area contributed by atoms with Crippen molar-refractivity contribution in [3.63, 3.8) is 0 Å². The van der Waals surface area contributed by atoms with Gasteiger partial charge >= 0.3 is 0 Å². The molecule has 0 amide bonds. The van der Waals surface area contributed by atoms with Crippen LogP contribution in [0.25, 0.3) is 21.9 Å². The highest BCUT2D eigenvalue weighted by Crippen LogP contribution is 2.30. The van der Waals surface area contributed by atoms with Crippen molar-refractivity contribution >= 4 is 49.5 Å². The molecule has 120 valence electrons. The molecule has 0 spiro atoms. The summed E-state index contributed by atoms with van der Waals surface area (Å²) >= 11 is 9.51. The first-order valence-corrected chi connectivity index (χ1v) is 9.18. The van der Waals surface area contributed by atoms with E-state index < -0.39 is 0 Å². The molecule has 0 aliphatic carbocycles. The molecular formula is C17H17BrClN3O. The van der Waals surface area contributed by atoms with E-state index in [1.165, 1.54) is 0 Å². The van der Waals surface area contributed by atoms with E-state index in [0.29, 0.717) is 11.8 Å². The summed E-state index contributed by atoms with van der Waals surface area (Å²) < 4.78 is 6.50. The maximum Gasteiger partial charge on any atom is 0.122 e. The second-order valence-corrected chi connectivity index (χ2v) is 7.20. The molecule has 3 heterocycles. The van der Waals surface area contributed by atoms with Gasteiger partial charge in [0.25, 0.3) is 0 Å². The maximum atomic E-state index is 5.98. The van der Waals surface area contributed by atoms with Crippen molar-refractivity contribution in [2.45, 2.75) is 25.1 Å². The maximum absolute atomic E-state index is 5.98. The van der Waals surface area contributed by atoms with E-state index in [-0.39, 0.29) is 0 Å². The Morgan fingerprint density at radius 1 is 1.26 bits per heavy atom. The molecule has 0 saturated carbocycles. The number of alkyl halides is 1. The number of nitrogens with zero attached hydrogens (tertiary/aromatic N) is 2. The second kappa shape index (κ2) is 6.38. The van der Waals surface area contributed by atoms with E-state index in [9.17, 15) is 0 Å². The van der Waals surface area contributed by atoms with Crippen molar-refractivity contribution in [1.82, 2.24) is 15.0 Å². The minimum absolute atomic E-state index is 0.378. The van der Waals surface area contributed by atoms with E-state index in [1.54, 1.807) is 0 Å². The van der Waals surface area contributed by atoms with E-state index in [0.717, 1.165) is 70.4 Å². The lowest BCUT2D eigenvalue weighted by Crippen LogP contribution is -2.18. The molecule has 2 aromatic heterocycles. The SMILES string of the molecule is ClCc1nc2c([nH]1)c(CC1CCOCC1)nc1cc(Br)ccc12. The summed E-state index contributed by atoms with van der Waals surface area (Å²) in [5.74, 6) is 1.79. The van der Waals surface area contributed by atoms with E-state index in [1.807, 2.05) is 6.07 Å². The fourth-order valence-electron chi connectivity index (χ4n) is 3.26. The van der Waals surface area contributed by atoms with E-state index in [2.05, 4.69) is 38.0 Å². The molecule has 0 atom stereocenters. The van der Waals surface area contributed by atoms with Crippen LogP contribution in [0.4, 0.5) is 0 Å². The number of ether oxygens (including phenoxy) is 1. The molecule has 1 N–H and O–H groups in total. The summed E-state index contributed by atoms with van der Waals surface area (Å²) in [6, 6.07) is 6.14. The van der Waals surface area contributed by atoms with Crippen molar-refractivity contribution in [1.29, 1.82) is 0 Å². The van der Waals surface area contributed by atoms with Gasteiger partial charge in [-0.3, -0.25) is 4.98 Å². The van der Waals surface area contributed by atoms with Crippen molar-refractivity contribution < 1.29 is 4.74 Å². The van der Waals surface area contributed by atoms with E-state index >= 15 is 0 Å². The molecule has 0 bridgehead atoms. The number of H-pyrrole nitrogens is 1. The van der Waals surface area contributed by atoms with Gasteiger partial charge in [0, 0.05) is 23.1 Å². The van der Waals surface area contributed by atoms with Crippen LogP contribution in [0.5, 0.6) is 0 Å². The molecule has 0 unspecified atom stereocenters. The summed E-state index contributed by atoms with van der Waals surface area (Å²) in [6.07, 6.45) is 3.14. The predicted octanol–water partition coefficient (Wildman–Crippen LogP) is 4.58.